The average Bonchev–Trinajstić information content (AvgIpc) is 3.20. The van der Waals surface area contributed by atoms with Crippen LogP contribution in [-0.2, 0) is 27.3 Å². The lowest BCUT2D eigenvalue weighted by Crippen LogP contribution is -2.48. The molecule has 60 heavy (non-hydrogen) atoms. The van der Waals surface area contributed by atoms with Gasteiger partial charge < -0.3 is 45.0 Å². The number of ether oxygens (including phenoxy) is 1. The number of carbonyl (C=O) groups excluding carboxylic acids is 3. The predicted octanol–water partition coefficient (Wildman–Crippen LogP) is 5.17. The highest BCUT2D eigenvalue weighted by molar-refractivity contribution is 5.92. The molecule has 1 saturated heterocycles. The topological polar surface area (TPSA) is 206 Å². The van der Waals surface area contributed by atoms with Crippen molar-refractivity contribution in [2.24, 2.45) is 0 Å². The maximum absolute atomic E-state index is 13.0. The van der Waals surface area contributed by atoms with Gasteiger partial charge in [-0.2, -0.15) is 13.2 Å². The number of nitrogens with one attached hydrogen (secondary N) is 4. The summed E-state index contributed by atoms with van der Waals surface area (Å²) in [6, 6.07) is 25.5. The number of H-pyrrole nitrogens is 1. The number of aliphatic hydroxyl groups is 1. The minimum atomic E-state index is -5.19. The number of hydrogen-bond donors (Lipinski definition) is 6. The number of hydrogen-bond acceptors (Lipinski definition) is 10. The van der Waals surface area contributed by atoms with Crippen LogP contribution in [0.5, 0.6) is 5.75 Å². The van der Waals surface area contributed by atoms with Crippen molar-refractivity contribution in [3.05, 3.63) is 118 Å². The number of alkyl halides is 3. The lowest BCUT2D eigenvalue weighted by molar-refractivity contribution is -0.896. The first-order valence-electron chi connectivity index (χ1n) is 19.2. The molecule has 2 amide bonds. The number of aromatic amines is 1. The number of quaternary nitrogens is 1. The minimum Gasteiger partial charge on any atom is -0.542 e. The minimum absolute atomic E-state index is 0.0611. The molecule has 0 bridgehead atoms. The number of halogens is 3. The number of amides is 2. The monoisotopic (exact) mass is 832 g/mol. The number of phenols is 1. The number of rotatable bonds is 13. The fourth-order valence-corrected chi connectivity index (χ4v) is 6.65. The van der Waals surface area contributed by atoms with E-state index in [2.05, 4.69) is 40.0 Å². The third-order valence-electron chi connectivity index (χ3n) is 9.92. The largest absolute Gasteiger partial charge is 0.542 e. The van der Waals surface area contributed by atoms with Gasteiger partial charge in [0.1, 0.15) is 23.6 Å². The fourth-order valence-electron chi connectivity index (χ4n) is 6.65. The molecule has 318 valence electrons. The Morgan fingerprint density at radius 2 is 1.67 bits per heavy atom. The number of anilines is 2. The maximum Gasteiger partial charge on any atom is 0.430 e. The Balaban J connectivity index is 0.000000896. The number of likely N-dealkylation sites (tertiary alicyclic amines) is 1. The van der Waals surface area contributed by atoms with Crippen LogP contribution < -0.4 is 26.6 Å². The summed E-state index contributed by atoms with van der Waals surface area (Å²) in [5.74, 6) is -2.77. The van der Waals surface area contributed by atoms with Gasteiger partial charge in [-0.25, -0.2) is 9.78 Å². The van der Waals surface area contributed by atoms with Crippen LogP contribution in [0.25, 0.3) is 22.0 Å². The van der Waals surface area contributed by atoms with E-state index < -0.39 is 24.3 Å². The molecule has 0 saturated carbocycles. The quantitative estimate of drug-likeness (QED) is 0.0860. The van der Waals surface area contributed by atoms with Gasteiger partial charge in [-0.15, -0.1) is 0 Å². The van der Waals surface area contributed by atoms with Crippen LogP contribution in [0.4, 0.5) is 29.5 Å². The second kappa shape index (κ2) is 20.1. The van der Waals surface area contributed by atoms with E-state index in [4.69, 9.17) is 14.6 Å². The molecule has 1 fully saturated rings. The van der Waals surface area contributed by atoms with Crippen LogP contribution in [0.1, 0.15) is 48.5 Å². The Kier molecular flexibility index (Phi) is 15.0. The van der Waals surface area contributed by atoms with Gasteiger partial charge in [0.05, 0.1) is 44.5 Å². The number of nitrogens with zero attached hydrogens (tertiary/aromatic N) is 2. The summed E-state index contributed by atoms with van der Waals surface area (Å²) >= 11 is 0. The van der Waals surface area contributed by atoms with Gasteiger partial charge in [0, 0.05) is 55.6 Å². The summed E-state index contributed by atoms with van der Waals surface area (Å²) in [6.45, 7) is 2.60. The Hall–Kier alpha value is -6.30. The van der Waals surface area contributed by atoms with E-state index in [1.54, 1.807) is 24.4 Å². The first-order valence-corrected chi connectivity index (χ1v) is 19.2. The number of aliphatic carboxylic acids is 1. The fraction of sp³-hybridized carbons (Fsp3) is 0.326. The molecule has 14 nitrogen and oxygen atoms in total. The van der Waals surface area contributed by atoms with Gasteiger partial charge in [0.2, 0.25) is 11.5 Å². The molecule has 2 aromatic heterocycles. The summed E-state index contributed by atoms with van der Waals surface area (Å²) in [5, 5.41) is 39.3. The Morgan fingerprint density at radius 1 is 0.967 bits per heavy atom. The van der Waals surface area contributed by atoms with Crippen molar-refractivity contribution in [2.45, 2.75) is 57.0 Å². The molecule has 0 unspecified atom stereocenters. The molecule has 6 N–H and O–H groups in total. The lowest BCUT2D eigenvalue weighted by Gasteiger charge is -2.36. The SMILES string of the molecule is C[N+]1(C)CCC(OC(=O)Nc2cc(CCCC(=O)Nc3ccc(CNC[C@H](O)c4ccc(O)c5[nH]c(=O)ccc45)cn3)ccc2-c2ccccc2)CC1.O=C([O-])C(F)(F)F. The summed E-state index contributed by atoms with van der Waals surface area (Å²) in [5.41, 5.74) is 4.95. The number of benzene rings is 3. The molecule has 1 atom stereocenters. The number of carboxylic acid groups (broad SMARTS) is 1. The number of fused-ring (bicyclic) bond motifs is 1. The predicted molar refractivity (Wildman–Crippen MR) is 217 cm³/mol. The number of aliphatic hydroxyl groups excluding tert-OH is 1. The van der Waals surface area contributed by atoms with E-state index in [9.17, 15) is 37.8 Å². The number of aryl methyl sites for hydroxylation is 1. The zero-order valence-corrected chi connectivity index (χ0v) is 33.1. The van der Waals surface area contributed by atoms with Gasteiger partial charge in [-0.3, -0.25) is 14.9 Å². The van der Waals surface area contributed by atoms with Crippen LogP contribution in [0, 0.1) is 0 Å². The number of aromatic hydroxyl groups is 1. The summed E-state index contributed by atoms with van der Waals surface area (Å²) in [4.78, 5) is 53.2. The van der Waals surface area contributed by atoms with Gasteiger partial charge in [-0.1, -0.05) is 54.6 Å². The zero-order valence-electron chi connectivity index (χ0n) is 33.1. The van der Waals surface area contributed by atoms with Crippen molar-refractivity contribution in [1.29, 1.82) is 0 Å². The highest BCUT2D eigenvalue weighted by Crippen LogP contribution is 2.31. The van der Waals surface area contributed by atoms with E-state index in [1.807, 2.05) is 54.6 Å². The molecule has 1 aliphatic rings. The first-order chi connectivity index (χ1) is 28.5. The lowest BCUT2D eigenvalue weighted by atomic mass is 9.99. The Labute approximate surface area is 343 Å². The zero-order chi connectivity index (χ0) is 43.5. The van der Waals surface area contributed by atoms with Gasteiger partial charge in [0.15, 0.2) is 0 Å². The number of aromatic nitrogens is 2. The Morgan fingerprint density at radius 3 is 2.33 bits per heavy atom. The van der Waals surface area contributed by atoms with E-state index >= 15 is 0 Å². The average molecular weight is 833 g/mol. The van der Waals surface area contributed by atoms with Crippen molar-refractivity contribution in [3.8, 4) is 16.9 Å². The van der Waals surface area contributed by atoms with E-state index in [1.165, 1.54) is 12.1 Å². The van der Waals surface area contributed by atoms with Gasteiger partial charge >= 0.3 is 12.3 Å². The van der Waals surface area contributed by atoms with Gasteiger partial charge in [0.25, 0.3) is 0 Å². The second-order valence-electron chi connectivity index (χ2n) is 15.0. The van der Waals surface area contributed by atoms with Crippen LogP contribution in [0.15, 0.2) is 95.9 Å². The summed E-state index contributed by atoms with van der Waals surface area (Å²) in [7, 11) is 4.38. The molecular weight excluding hydrogens is 786 g/mol. The number of pyridine rings is 2. The van der Waals surface area contributed by atoms with E-state index in [-0.39, 0.29) is 35.4 Å². The van der Waals surface area contributed by atoms with Crippen LogP contribution in [0.3, 0.4) is 0 Å². The highest BCUT2D eigenvalue weighted by atomic mass is 19.4. The van der Waals surface area contributed by atoms with E-state index in [0.29, 0.717) is 48.3 Å². The van der Waals surface area contributed by atoms with E-state index in [0.717, 1.165) is 52.7 Å². The first kappa shape index (κ1) is 44.8. The molecule has 3 aromatic carbocycles. The number of piperidine rings is 1. The van der Waals surface area contributed by atoms with Crippen LogP contribution >= 0.6 is 0 Å². The molecule has 0 aliphatic carbocycles. The van der Waals surface area contributed by atoms with Crippen LogP contribution in [0.2, 0.25) is 0 Å². The number of carbonyl (C=O) groups is 3. The highest BCUT2D eigenvalue weighted by Gasteiger charge is 2.29. The molecule has 17 heteroatoms. The second-order valence-corrected chi connectivity index (χ2v) is 15.0. The summed E-state index contributed by atoms with van der Waals surface area (Å²) in [6.07, 6.45) is -1.75. The number of phenolic OH excluding ortho intramolecular Hbond substituents is 1. The van der Waals surface area contributed by atoms with Crippen molar-refractivity contribution >= 4 is 40.4 Å². The Bertz CT molecular complexity index is 2310. The van der Waals surface area contributed by atoms with Crippen molar-refractivity contribution < 1.29 is 52.1 Å². The summed E-state index contributed by atoms with van der Waals surface area (Å²) < 4.78 is 38.3. The maximum atomic E-state index is 13.0. The third kappa shape index (κ3) is 13.1. The third-order valence-corrected chi connectivity index (χ3v) is 9.92. The van der Waals surface area contributed by atoms with Crippen molar-refractivity contribution in [2.75, 3.05) is 44.4 Å². The number of carboxylic acids is 1. The standard InChI is InChI=1S/C41H46N6O6.C2HF3O2/c1-47(2)21-19-30(20-22-47)53-41(52)44-34-23-27(11-13-31(34)29-8-4-3-5-9-29)7-6-10-38(50)45-37-17-12-28(25-43-37)24-42-26-36(49)32-14-16-35(48)40-33(32)15-18-39(51)46-40;3-2(4,5)1(6)7/h3-5,8-9,11-18,23,25,30,36,42,49H,6-7,10,19-22,24,26H2,1-2H3,(H3-,43,44,45,46,48,50,51,52);(H,6,7)/t36-;/m0./s1. The molecule has 1 aliphatic heterocycles. The smallest absolute Gasteiger partial charge is 0.430 e. The molecule has 0 radical (unpaired) electrons. The molecule has 5 aromatic rings. The molecular formula is C43H47F3N6O8. The van der Waals surface area contributed by atoms with Gasteiger partial charge in [-0.05, 0) is 59.4 Å². The molecule has 0 spiro atoms. The normalized spacial score (nSPS) is 14.4. The van der Waals surface area contributed by atoms with Crippen molar-refractivity contribution in [3.63, 3.8) is 0 Å². The molecule has 3 heterocycles. The van der Waals surface area contributed by atoms with Crippen LogP contribution in [-0.4, -0.2) is 88.6 Å². The van der Waals surface area contributed by atoms with Crippen molar-refractivity contribution in [1.82, 2.24) is 15.3 Å². The molecule has 6 rings (SSSR count).